The van der Waals surface area contributed by atoms with Crippen LogP contribution in [0.1, 0.15) is 11.3 Å². The lowest BCUT2D eigenvalue weighted by Gasteiger charge is -2.04. The molecule has 2 aromatic carbocycles. The molecule has 0 spiro atoms. The van der Waals surface area contributed by atoms with E-state index in [9.17, 15) is 4.79 Å². The number of carbonyl (C=O) groups is 1. The number of hydrogen-bond donors (Lipinski definition) is 1. The molecule has 6 heteroatoms. The molecule has 1 amide bonds. The molecule has 0 bridgehead atoms. The van der Waals surface area contributed by atoms with E-state index in [2.05, 4.69) is 5.32 Å². The molecule has 0 saturated heterocycles. The summed E-state index contributed by atoms with van der Waals surface area (Å²) in [6.45, 7) is 1.94. The summed E-state index contributed by atoms with van der Waals surface area (Å²) in [6, 6.07) is 14.2. The van der Waals surface area contributed by atoms with Crippen LogP contribution in [0.15, 0.2) is 59.0 Å². The largest absolute Gasteiger partial charge is 0.457 e. The summed E-state index contributed by atoms with van der Waals surface area (Å²) < 4.78 is 5.74. The minimum absolute atomic E-state index is 0.342. The minimum Gasteiger partial charge on any atom is -0.457 e. The average molecular weight is 407 g/mol. The summed E-state index contributed by atoms with van der Waals surface area (Å²) in [5, 5.41) is 4.24. The maximum absolute atomic E-state index is 12.0. The highest BCUT2D eigenvalue weighted by molar-refractivity contribution is 6.35. The molecule has 0 fully saturated rings. The molecule has 3 rings (SSSR count). The highest BCUT2D eigenvalue weighted by Gasteiger charge is 2.07. The Kier molecular flexibility index (Phi) is 5.72. The quantitative estimate of drug-likeness (QED) is 0.480. The van der Waals surface area contributed by atoms with E-state index in [-0.39, 0.29) is 5.91 Å². The van der Waals surface area contributed by atoms with Crippen LogP contribution >= 0.6 is 34.8 Å². The Balaban J connectivity index is 1.71. The first-order valence-electron chi connectivity index (χ1n) is 7.73. The number of halogens is 3. The van der Waals surface area contributed by atoms with Crippen molar-refractivity contribution in [3.63, 3.8) is 0 Å². The standard InChI is InChI=1S/C20H14Cl3NO2/c1-12-2-3-13(10-17(12)23)19-8-5-15(26-19)6-9-20(25)24-18-11-14(21)4-7-16(18)22/h2-11H,1H3,(H,24,25). The molecule has 0 aliphatic heterocycles. The molecule has 1 N–H and O–H groups in total. The van der Waals surface area contributed by atoms with Crippen LogP contribution in [0.4, 0.5) is 5.69 Å². The Bertz CT molecular complexity index is 992. The van der Waals surface area contributed by atoms with Crippen LogP contribution in [0.25, 0.3) is 17.4 Å². The zero-order valence-electron chi connectivity index (χ0n) is 13.7. The molecule has 132 valence electrons. The van der Waals surface area contributed by atoms with Gasteiger partial charge in [-0.15, -0.1) is 0 Å². The molecule has 26 heavy (non-hydrogen) atoms. The van der Waals surface area contributed by atoms with E-state index in [0.717, 1.165) is 11.1 Å². The van der Waals surface area contributed by atoms with Crippen LogP contribution in [-0.2, 0) is 4.79 Å². The molecule has 0 aliphatic rings. The van der Waals surface area contributed by atoms with Crippen LogP contribution < -0.4 is 5.32 Å². The molecular formula is C20H14Cl3NO2. The molecule has 0 radical (unpaired) electrons. The van der Waals surface area contributed by atoms with Gasteiger partial charge < -0.3 is 9.73 Å². The van der Waals surface area contributed by atoms with E-state index in [1.54, 1.807) is 30.3 Å². The molecule has 3 aromatic rings. The van der Waals surface area contributed by atoms with Gasteiger partial charge in [0.1, 0.15) is 11.5 Å². The number of nitrogens with one attached hydrogen (secondary N) is 1. The first-order valence-corrected chi connectivity index (χ1v) is 8.86. The molecule has 0 atom stereocenters. The van der Waals surface area contributed by atoms with Crippen LogP contribution in [0, 0.1) is 6.92 Å². The van der Waals surface area contributed by atoms with Crippen molar-refractivity contribution >= 4 is 52.5 Å². The summed E-state index contributed by atoms with van der Waals surface area (Å²) in [7, 11) is 0. The van der Waals surface area contributed by atoms with E-state index < -0.39 is 0 Å². The number of aryl methyl sites for hydroxylation is 1. The third-order valence-electron chi connectivity index (χ3n) is 3.67. The fraction of sp³-hybridized carbons (Fsp3) is 0.0500. The number of anilines is 1. The SMILES string of the molecule is Cc1ccc(-c2ccc(C=CC(=O)Nc3cc(Cl)ccc3Cl)o2)cc1Cl. The van der Waals surface area contributed by atoms with Gasteiger partial charge in [0.2, 0.25) is 5.91 Å². The zero-order valence-corrected chi connectivity index (χ0v) is 16.0. The number of rotatable bonds is 4. The highest BCUT2D eigenvalue weighted by Crippen LogP contribution is 2.28. The van der Waals surface area contributed by atoms with Gasteiger partial charge in [-0.2, -0.15) is 0 Å². The van der Waals surface area contributed by atoms with Gasteiger partial charge in [-0.25, -0.2) is 0 Å². The Morgan fingerprint density at radius 3 is 2.58 bits per heavy atom. The van der Waals surface area contributed by atoms with Gasteiger partial charge in [-0.3, -0.25) is 4.79 Å². The Morgan fingerprint density at radius 1 is 1.00 bits per heavy atom. The van der Waals surface area contributed by atoms with Crippen molar-refractivity contribution < 1.29 is 9.21 Å². The first-order chi connectivity index (χ1) is 12.4. The number of furan rings is 1. The fourth-order valence-electron chi connectivity index (χ4n) is 2.27. The Labute approximate surface area is 166 Å². The predicted octanol–water partition coefficient (Wildman–Crippen LogP) is 6.87. The van der Waals surface area contributed by atoms with Crippen LogP contribution in [0.2, 0.25) is 15.1 Å². The topological polar surface area (TPSA) is 42.2 Å². The smallest absolute Gasteiger partial charge is 0.248 e. The maximum Gasteiger partial charge on any atom is 0.248 e. The zero-order chi connectivity index (χ0) is 18.7. The lowest BCUT2D eigenvalue weighted by Crippen LogP contribution is -2.08. The van der Waals surface area contributed by atoms with E-state index in [1.807, 2.05) is 31.2 Å². The van der Waals surface area contributed by atoms with E-state index >= 15 is 0 Å². The van der Waals surface area contributed by atoms with Gasteiger partial charge in [-0.1, -0.05) is 46.9 Å². The third kappa shape index (κ3) is 4.50. The predicted molar refractivity (Wildman–Crippen MR) is 108 cm³/mol. The number of carbonyl (C=O) groups excluding carboxylic acids is 1. The second-order valence-corrected chi connectivity index (χ2v) is 6.86. The Morgan fingerprint density at radius 2 is 1.81 bits per heavy atom. The summed E-state index contributed by atoms with van der Waals surface area (Å²) in [5.41, 5.74) is 2.32. The number of benzene rings is 2. The number of amides is 1. The molecule has 1 aromatic heterocycles. The van der Waals surface area contributed by atoms with Crippen molar-refractivity contribution in [1.82, 2.24) is 0 Å². The molecule has 0 unspecified atom stereocenters. The Hall–Kier alpha value is -2.20. The third-order valence-corrected chi connectivity index (χ3v) is 4.64. The fourth-order valence-corrected chi connectivity index (χ4v) is 2.79. The average Bonchev–Trinajstić information content (AvgIpc) is 3.08. The van der Waals surface area contributed by atoms with E-state index in [0.29, 0.717) is 32.3 Å². The highest BCUT2D eigenvalue weighted by atomic mass is 35.5. The summed E-state index contributed by atoms with van der Waals surface area (Å²) >= 11 is 18.1. The monoisotopic (exact) mass is 405 g/mol. The second-order valence-electron chi connectivity index (χ2n) is 5.61. The molecular weight excluding hydrogens is 393 g/mol. The van der Waals surface area contributed by atoms with Crippen LogP contribution in [0.3, 0.4) is 0 Å². The van der Waals surface area contributed by atoms with Gasteiger partial charge >= 0.3 is 0 Å². The lowest BCUT2D eigenvalue weighted by atomic mass is 10.1. The van der Waals surface area contributed by atoms with Crippen molar-refractivity contribution in [2.45, 2.75) is 6.92 Å². The van der Waals surface area contributed by atoms with Crippen molar-refractivity contribution in [3.05, 3.63) is 81.0 Å². The first kappa shape index (κ1) is 18.6. The van der Waals surface area contributed by atoms with E-state index in [4.69, 9.17) is 39.2 Å². The van der Waals surface area contributed by atoms with Crippen molar-refractivity contribution in [3.8, 4) is 11.3 Å². The molecule has 0 aliphatic carbocycles. The van der Waals surface area contributed by atoms with Gasteiger partial charge in [0.15, 0.2) is 0 Å². The maximum atomic E-state index is 12.0. The summed E-state index contributed by atoms with van der Waals surface area (Å²) in [4.78, 5) is 12.0. The minimum atomic E-state index is -0.342. The molecule has 3 nitrogen and oxygen atoms in total. The summed E-state index contributed by atoms with van der Waals surface area (Å²) in [5.74, 6) is 0.874. The van der Waals surface area contributed by atoms with Crippen molar-refractivity contribution in [1.29, 1.82) is 0 Å². The van der Waals surface area contributed by atoms with Crippen LogP contribution in [0.5, 0.6) is 0 Å². The van der Waals surface area contributed by atoms with Gasteiger partial charge in [0.25, 0.3) is 0 Å². The van der Waals surface area contributed by atoms with Crippen molar-refractivity contribution in [2.75, 3.05) is 5.32 Å². The van der Waals surface area contributed by atoms with Gasteiger partial charge in [-0.05, 0) is 55.0 Å². The molecule has 1 heterocycles. The van der Waals surface area contributed by atoms with Gasteiger partial charge in [0, 0.05) is 21.7 Å². The van der Waals surface area contributed by atoms with E-state index in [1.165, 1.54) is 6.08 Å². The number of hydrogen-bond acceptors (Lipinski definition) is 2. The van der Waals surface area contributed by atoms with Crippen LogP contribution in [-0.4, -0.2) is 5.91 Å². The summed E-state index contributed by atoms with van der Waals surface area (Å²) in [6.07, 6.45) is 2.94. The second kappa shape index (κ2) is 8.00. The van der Waals surface area contributed by atoms with Gasteiger partial charge in [0.05, 0.1) is 10.7 Å². The normalized spacial score (nSPS) is 11.1. The lowest BCUT2D eigenvalue weighted by molar-refractivity contribution is -0.111. The molecule has 0 saturated carbocycles. The van der Waals surface area contributed by atoms with Crippen molar-refractivity contribution in [2.24, 2.45) is 0 Å².